The largest absolute Gasteiger partial charge is 0.419 e. The molecule has 6 heteroatoms. The maximum Gasteiger partial charge on any atom is 0.419 e. The van der Waals surface area contributed by atoms with Crippen LogP contribution in [0.4, 0.5) is 17.6 Å². The Balaban J connectivity index is 3.30. The molecule has 0 saturated carbocycles. The monoisotopic (exact) mass is 221 g/mol. The quantitative estimate of drug-likeness (QED) is 0.723. The maximum atomic E-state index is 13.2. The minimum Gasteiger partial charge on any atom is -0.355 e. The predicted octanol–water partition coefficient (Wildman–Crippen LogP) is 2.20. The van der Waals surface area contributed by atoms with Crippen molar-refractivity contribution < 1.29 is 22.4 Å². The number of benzene rings is 1. The van der Waals surface area contributed by atoms with Crippen LogP contribution in [0.15, 0.2) is 18.2 Å². The molecule has 1 aromatic rings. The molecule has 0 aliphatic rings. The van der Waals surface area contributed by atoms with Crippen molar-refractivity contribution >= 4 is 5.91 Å². The Morgan fingerprint density at radius 2 is 1.93 bits per heavy atom. The molecule has 0 spiro atoms. The van der Waals surface area contributed by atoms with E-state index in [1.807, 2.05) is 0 Å². The number of hydrogen-bond acceptors (Lipinski definition) is 1. The number of carbonyl (C=O) groups is 1. The highest BCUT2D eigenvalue weighted by Gasteiger charge is 2.35. The number of carbonyl (C=O) groups excluding carboxylic acids is 1. The van der Waals surface area contributed by atoms with Crippen molar-refractivity contribution in [1.82, 2.24) is 5.32 Å². The first-order valence-corrected chi connectivity index (χ1v) is 3.95. The lowest BCUT2D eigenvalue weighted by atomic mass is 10.1. The first-order valence-electron chi connectivity index (χ1n) is 3.95. The SMILES string of the molecule is CNC(=O)c1cccc(C(F)(F)F)c1F. The number of hydrogen-bond donors (Lipinski definition) is 1. The number of rotatable bonds is 1. The van der Waals surface area contributed by atoms with Gasteiger partial charge in [-0.15, -0.1) is 0 Å². The van der Waals surface area contributed by atoms with Crippen molar-refractivity contribution in [2.45, 2.75) is 6.18 Å². The molecule has 1 amide bonds. The van der Waals surface area contributed by atoms with Crippen LogP contribution in [0.1, 0.15) is 15.9 Å². The van der Waals surface area contributed by atoms with Gasteiger partial charge in [0.15, 0.2) is 0 Å². The summed E-state index contributed by atoms with van der Waals surface area (Å²) >= 11 is 0. The Hall–Kier alpha value is -1.59. The van der Waals surface area contributed by atoms with E-state index < -0.39 is 29.0 Å². The van der Waals surface area contributed by atoms with Gasteiger partial charge in [0.2, 0.25) is 0 Å². The van der Waals surface area contributed by atoms with E-state index in [0.29, 0.717) is 6.07 Å². The van der Waals surface area contributed by atoms with Crippen LogP contribution >= 0.6 is 0 Å². The average Bonchev–Trinajstić information content (AvgIpc) is 2.15. The Kier molecular flexibility index (Phi) is 2.97. The van der Waals surface area contributed by atoms with Crippen molar-refractivity contribution in [2.24, 2.45) is 0 Å². The summed E-state index contributed by atoms with van der Waals surface area (Å²) in [5.41, 5.74) is -2.06. The van der Waals surface area contributed by atoms with E-state index in [9.17, 15) is 22.4 Å². The molecule has 0 aliphatic carbocycles. The minimum atomic E-state index is -4.80. The van der Waals surface area contributed by atoms with Crippen molar-refractivity contribution in [2.75, 3.05) is 7.05 Å². The van der Waals surface area contributed by atoms with Gasteiger partial charge in [-0.25, -0.2) is 4.39 Å². The molecule has 0 bridgehead atoms. The van der Waals surface area contributed by atoms with Crippen molar-refractivity contribution in [3.63, 3.8) is 0 Å². The molecule has 1 aromatic carbocycles. The van der Waals surface area contributed by atoms with Crippen molar-refractivity contribution in [1.29, 1.82) is 0 Å². The topological polar surface area (TPSA) is 29.1 Å². The third-order valence-electron chi connectivity index (χ3n) is 1.78. The van der Waals surface area contributed by atoms with Crippen LogP contribution in [0.25, 0.3) is 0 Å². The Morgan fingerprint density at radius 3 is 2.40 bits per heavy atom. The summed E-state index contributed by atoms with van der Waals surface area (Å²) in [6, 6.07) is 2.56. The molecule has 0 aromatic heterocycles. The fourth-order valence-corrected chi connectivity index (χ4v) is 1.06. The van der Waals surface area contributed by atoms with Crippen LogP contribution in [0, 0.1) is 5.82 Å². The summed E-state index contributed by atoms with van der Waals surface area (Å²) in [4.78, 5) is 11.0. The van der Waals surface area contributed by atoms with Gasteiger partial charge in [0.25, 0.3) is 5.91 Å². The van der Waals surface area contributed by atoms with Crippen molar-refractivity contribution in [3.8, 4) is 0 Å². The van der Waals surface area contributed by atoms with Gasteiger partial charge in [0, 0.05) is 7.05 Å². The van der Waals surface area contributed by atoms with Gasteiger partial charge in [-0.3, -0.25) is 4.79 Å². The number of alkyl halides is 3. The smallest absolute Gasteiger partial charge is 0.355 e. The highest BCUT2D eigenvalue weighted by atomic mass is 19.4. The zero-order valence-corrected chi connectivity index (χ0v) is 7.65. The van der Waals surface area contributed by atoms with Gasteiger partial charge in [0.05, 0.1) is 11.1 Å². The van der Waals surface area contributed by atoms with Crippen LogP contribution in [0.5, 0.6) is 0 Å². The highest BCUT2D eigenvalue weighted by molar-refractivity contribution is 5.94. The second-order valence-electron chi connectivity index (χ2n) is 2.74. The lowest BCUT2D eigenvalue weighted by Gasteiger charge is -2.09. The molecule has 0 radical (unpaired) electrons. The minimum absolute atomic E-state index is 0.585. The number of amides is 1. The summed E-state index contributed by atoms with van der Waals surface area (Å²) in [5, 5.41) is 2.05. The molecule has 0 fully saturated rings. The molecule has 0 aliphatic heterocycles. The van der Waals surface area contributed by atoms with Gasteiger partial charge in [-0.2, -0.15) is 13.2 Å². The van der Waals surface area contributed by atoms with E-state index in [2.05, 4.69) is 5.32 Å². The third kappa shape index (κ3) is 2.26. The maximum absolute atomic E-state index is 13.2. The fraction of sp³-hybridized carbons (Fsp3) is 0.222. The van der Waals surface area contributed by atoms with Gasteiger partial charge in [-0.1, -0.05) is 6.07 Å². The van der Waals surface area contributed by atoms with Crippen molar-refractivity contribution in [3.05, 3.63) is 35.1 Å². The summed E-state index contributed by atoms with van der Waals surface area (Å²) in [6.45, 7) is 0. The van der Waals surface area contributed by atoms with Crippen LogP contribution in [0.3, 0.4) is 0 Å². The first kappa shape index (κ1) is 11.5. The molecule has 82 valence electrons. The molecule has 1 rings (SSSR count). The molecule has 0 unspecified atom stereocenters. The van der Waals surface area contributed by atoms with Crippen LogP contribution < -0.4 is 5.32 Å². The third-order valence-corrected chi connectivity index (χ3v) is 1.78. The number of nitrogens with one attached hydrogen (secondary N) is 1. The molecule has 2 nitrogen and oxygen atoms in total. The second kappa shape index (κ2) is 3.88. The average molecular weight is 221 g/mol. The zero-order valence-electron chi connectivity index (χ0n) is 7.65. The van der Waals surface area contributed by atoms with E-state index in [1.165, 1.54) is 7.05 Å². The van der Waals surface area contributed by atoms with Crippen LogP contribution in [0.2, 0.25) is 0 Å². The lowest BCUT2D eigenvalue weighted by Crippen LogP contribution is -2.21. The van der Waals surface area contributed by atoms with E-state index in [-0.39, 0.29) is 0 Å². The summed E-state index contributed by atoms with van der Waals surface area (Å²) in [7, 11) is 1.21. The predicted molar refractivity (Wildman–Crippen MR) is 44.8 cm³/mol. The van der Waals surface area contributed by atoms with E-state index >= 15 is 0 Å². The Bertz CT molecular complexity index is 386. The first-order chi connectivity index (χ1) is 6.88. The number of halogens is 4. The summed E-state index contributed by atoms with van der Waals surface area (Å²) < 4.78 is 49.9. The molecular formula is C9H7F4NO. The molecule has 0 heterocycles. The summed E-state index contributed by atoms with van der Waals surface area (Å²) in [5.74, 6) is -2.44. The highest BCUT2D eigenvalue weighted by Crippen LogP contribution is 2.32. The van der Waals surface area contributed by atoms with Gasteiger partial charge in [0.1, 0.15) is 5.82 Å². The normalized spacial score (nSPS) is 11.3. The second-order valence-corrected chi connectivity index (χ2v) is 2.74. The van der Waals surface area contributed by atoms with Crippen LogP contribution in [-0.2, 0) is 6.18 Å². The Morgan fingerprint density at radius 1 is 1.33 bits per heavy atom. The molecule has 1 N–H and O–H groups in total. The summed E-state index contributed by atoms with van der Waals surface area (Å²) in [6.07, 6.45) is -4.80. The molecule has 0 atom stereocenters. The molecular weight excluding hydrogens is 214 g/mol. The van der Waals surface area contributed by atoms with Gasteiger partial charge < -0.3 is 5.32 Å². The van der Waals surface area contributed by atoms with Crippen LogP contribution in [-0.4, -0.2) is 13.0 Å². The lowest BCUT2D eigenvalue weighted by molar-refractivity contribution is -0.140. The molecule has 15 heavy (non-hydrogen) atoms. The van der Waals surface area contributed by atoms with E-state index in [1.54, 1.807) is 0 Å². The zero-order chi connectivity index (χ0) is 11.6. The molecule has 0 saturated heterocycles. The van der Waals surface area contributed by atoms with E-state index in [4.69, 9.17) is 0 Å². The van der Waals surface area contributed by atoms with Gasteiger partial charge in [-0.05, 0) is 12.1 Å². The van der Waals surface area contributed by atoms with Gasteiger partial charge >= 0.3 is 6.18 Å². The fourth-order valence-electron chi connectivity index (χ4n) is 1.06. The Labute approximate surface area is 82.9 Å². The van der Waals surface area contributed by atoms with E-state index in [0.717, 1.165) is 12.1 Å². The standard InChI is InChI=1S/C9H7F4NO/c1-14-8(15)5-3-2-4-6(7(5)10)9(11,12)13/h2-4H,1H3,(H,14,15).